The Morgan fingerprint density at radius 1 is 1.19 bits per heavy atom. The van der Waals surface area contributed by atoms with Crippen LogP contribution in [0.4, 0.5) is 0 Å². The Bertz CT molecular complexity index is 472. The number of furan rings is 1. The summed E-state index contributed by atoms with van der Waals surface area (Å²) in [7, 11) is 0. The summed E-state index contributed by atoms with van der Waals surface area (Å²) in [6, 6.07) is 3.54. The number of halogens is 1. The van der Waals surface area contributed by atoms with Gasteiger partial charge in [0.05, 0.1) is 12.8 Å². The lowest BCUT2D eigenvalue weighted by atomic mass is 10.0. The molecule has 0 aromatic carbocycles. The van der Waals surface area contributed by atoms with Crippen LogP contribution in [-0.2, 0) is 5.60 Å². The van der Waals surface area contributed by atoms with E-state index in [2.05, 4.69) is 34.4 Å². The third-order valence-corrected chi connectivity index (χ3v) is 3.96. The van der Waals surface area contributed by atoms with Gasteiger partial charge in [0.2, 0.25) is 0 Å². The number of aliphatic hydroxyl groups is 1. The molecule has 0 aliphatic rings. The molecule has 152 valence electrons. The maximum Gasteiger partial charge on any atom is 0.191 e. The molecule has 0 fully saturated rings. The largest absolute Gasteiger partial charge is 0.466 e. The number of nitrogens with zero attached hydrogens (tertiary/aromatic N) is 2. The van der Waals surface area contributed by atoms with Crippen LogP contribution >= 0.6 is 24.0 Å². The van der Waals surface area contributed by atoms with Crippen LogP contribution in [0.25, 0.3) is 0 Å². The summed E-state index contributed by atoms with van der Waals surface area (Å²) in [6.45, 7) is 13.5. The molecule has 0 bridgehead atoms. The van der Waals surface area contributed by atoms with Crippen molar-refractivity contribution in [1.29, 1.82) is 0 Å². The number of nitrogens with one attached hydrogen (secondary N) is 2. The van der Waals surface area contributed by atoms with E-state index in [1.165, 1.54) is 12.8 Å². The molecule has 0 amide bonds. The summed E-state index contributed by atoms with van der Waals surface area (Å²) in [6.07, 6.45) is 5.02. The molecule has 0 radical (unpaired) electrons. The molecule has 3 N–H and O–H groups in total. The van der Waals surface area contributed by atoms with Crippen molar-refractivity contribution in [1.82, 2.24) is 15.5 Å². The van der Waals surface area contributed by atoms with E-state index >= 15 is 0 Å². The molecular formula is C19H37IN4O2. The molecule has 0 saturated carbocycles. The smallest absolute Gasteiger partial charge is 0.191 e. The van der Waals surface area contributed by atoms with Crippen LogP contribution in [0.5, 0.6) is 0 Å². The molecule has 6 nitrogen and oxygen atoms in total. The summed E-state index contributed by atoms with van der Waals surface area (Å²) in [4.78, 5) is 7.01. The fraction of sp³-hybridized carbons (Fsp3) is 0.737. The highest BCUT2D eigenvalue weighted by molar-refractivity contribution is 14.0. The first-order chi connectivity index (χ1) is 12.0. The molecule has 1 rings (SSSR count). The van der Waals surface area contributed by atoms with E-state index in [1.54, 1.807) is 25.3 Å². The van der Waals surface area contributed by atoms with Gasteiger partial charge < -0.3 is 25.1 Å². The van der Waals surface area contributed by atoms with Gasteiger partial charge in [-0.3, -0.25) is 0 Å². The highest BCUT2D eigenvalue weighted by atomic mass is 127. The maximum absolute atomic E-state index is 10.5. The van der Waals surface area contributed by atoms with Crippen molar-refractivity contribution in [2.24, 2.45) is 4.99 Å². The molecule has 1 heterocycles. The van der Waals surface area contributed by atoms with Gasteiger partial charge in [-0.25, -0.2) is 4.99 Å². The number of hydrogen-bond acceptors (Lipinski definition) is 4. The molecule has 0 aliphatic heterocycles. The van der Waals surface area contributed by atoms with Gasteiger partial charge in [0.1, 0.15) is 11.4 Å². The lowest BCUT2D eigenvalue weighted by Crippen LogP contribution is -2.40. The lowest BCUT2D eigenvalue weighted by Gasteiger charge is -2.22. The fourth-order valence-corrected chi connectivity index (χ4v) is 2.72. The van der Waals surface area contributed by atoms with E-state index < -0.39 is 5.60 Å². The number of guanidine groups is 1. The Morgan fingerprint density at radius 3 is 2.42 bits per heavy atom. The van der Waals surface area contributed by atoms with Gasteiger partial charge in [-0.2, -0.15) is 0 Å². The van der Waals surface area contributed by atoms with E-state index in [9.17, 15) is 5.11 Å². The first kappa shape index (κ1) is 25.2. The predicted octanol–water partition coefficient (Wildman–Crippen LogP) is 3.17. The van der Waals surface area contributed by atoms with E-state index in [-0.39, 0.29) is 30.5 Å². The zero-order valence-electron chi connectivity index (χ0n) is 16.8. The Kier molecular flexibility index (Phi) is 13.8. The van der Waals surface area contributed by atoms with Crippen molar-refractivity contribution in [2.45, 2.75) is 52.6 Å². The van der Waals surface area contributed by atoms with Crippen molar-refractivity contribution >= 4 is 29.9 Å². The van der Waals surface area contributed by atoms with Crippen molar-refractivity contribution < 1.29 is 9.52 Å². The number of aliphatic imine (C=N–C) groups is 1. The Hall–Kier alpha value is -0.800. The van der Waals surface area contributed by atoms with E-state index in [0.717, 1.165) is 45.1 Å². The standard InChI is InChI=1S/C19H36N4O2.HI/c1-5-12-23(13-6-2)14-9-11-21-18(20-7-3)22-16-19(4,24)17-10-8-15-25-17;/h8,10,15,24H,5-7,9,11-14,16H2,1-4H3,(H2,20,21,22);1H. The van der Waals surface area contributed by atoms with Crippen LogP contribution in [-0.4, -0.2) is 55.2 Å². The van der Waals surface area contributed by atoms with E-state index in [0.29, 0.717) is 5.76 Å². The van der Waals surface area contributed by atoms with Crippen molar-refractivity contribution in [3.05, 3.63) is 24.2 Å². The predicted molar refractivity (Wildman–Crippen MR) is 119 cm³/mol. The Morgan fingerprint density at radius 2 is 1.88 bits per heavy atom. The minimum Gasteiger partial charge on any atom is -0.466 e. The van der Waals surface area contributed by atoms with Crippen molar-refractivity contribution in [3.63, 3.8) is 0 Å². The average molecular weight is 480 g/mol. The quantitative estimate of drug-likeness (QED) is 0.186. The number of rotatable bonds is 12. The van der Waals surface area contributed by atoms with Crippen LogP contribution in [0.2, 0.25) is 0 Å². The van der Waals surface area contributed by atoms with E-state index in [1.807, 2.05) is 6.92 Å². The lowest BCUT2D eigenvalue weighted by molar-refractivity contribution is 0.0437. The second-order valence-corrected chi connectivity index (χ2v) is 6.57. The topological polar surface area (TPSA) is 73.0 Å². The van der Waals surface area contributed by atoms with Crippen molar-refractivity contribution in [2.75, 3.05) is 39.3 Å². The van der Waals surface area contributed by atoms with Crippen molar-refractivity contribution in [3.8, 4) is 0 Å². The van der Waals surface area contributed by atoms with Gasteiger partial charge in [-0.05, 0) is 64.9 Å². The SMILES string of the molecule is CCCN(CCC)CCCNC(=NCC(C)(O)c1ccco1)NCC.I. The average Bonchev–Trinajstić information content (AvgIpc) is 3.12. The molecule has 1 unspecified atom stereocenters. The molecule has 0 aliphatic carbocycles. The summed E-state index contributed by atoms with van der Waals surface area (Å²) < 4.78 is 5.30. The fourth-order valence-electron chi connectivity index (χ4n) is 2.72. The summed E-state index contributed by atoms with van der Waals surface area (Å²) in [5.74, 6) is 1.26. The molecule has 1 atom stereocenters. The van der Waals surface area contributed by atoms with Gasteiger partial charge in [-0.1, -0.05) is 13.8 Å². The maximum atomic E-state index is 10.5. The molecule has 26 heavy (non-hydrogen) atoms. The third kappa shape index (κ3) is 9.78. The van der Waals surface area contributed by atoms with Gasteiger partial charge >= 0.3 is 0 Å². The minimum atomic E-state index is -1.11. The Labute approximate surface area is 175 Å². The monoisotopic (exact) mass is 480 g/mol. The second-order valence-electron chi connectivity index (χ2n) is 6.57. The Balaban J connectivity index is 0.00000625. The first-order valence-corrected chi connectivity index (χ1v) is 9.54. The van der Waals surface area contributed by atoms with Gasteiger partial charge in [-0.15, -0.1) is 24.0 Å². The summed E-state index contributed by atoms with van der Waals surface area (Å²) in [5, 5.41) is 17.1. The molecular weight excluding hydrogens is 443 g/mol. The van der Waals surface area contributed by atoms with Crippen LogP contribution in [0, 0.1) is 0 Å². The second kappa shape index (κ2) is 14.3. The van der Waals surface area contributed by atoms with Crippen LogP contribution in [0.1, 0.15) is 52.7 Å². The molecule has 0 spiro atoms. The highest BCUT2D eigenvalue weighted by Crippen LogP contribution is 2.20. The van der Waals surface area contributed by atoms with E-state index in [4.69, 9.17) is 4.42 Å². The molecule has 0 saturated heterocycles. The third-order valence-electron chi connectivity index (χ3n) is 3.96. The highest BCUT2D eigenvalue weighted by Gasteiger charge is 2.26. The molecule has 7 heteroatoms. The van der Waals surface area contributed by atoms with Crippen LogP contribution in [0.15, 0.2) is 27.8 Å². The van der Waals surface area contributed by atoms with Crippen LogP contribution < -0.4 is 10.6 Å². The first-order valence-electron chi connectivity index (χ1n) is 9.54. The zero-order chi connectivity index (χ0) is 18.5. The van der Waals surface area contributed by atoms with Gasteiger partial charge in [0.15, 0.2) is 5.96 Å². The minimum absolute atomic E-state index is 0. The van der Waals surface area contributed by atoms with Gasteiger partial charge in [0.25, 0.3) is 0 Å². The van der Waals surface area contributed by atoms with Gasteiger partial charge in [0, 0.05) is 13.1 Å². The zero-order valence-corrected chi connectivity index (χ0v) is 19.1. The summed E-state index contributed by atoms with van der Waals surface area (Å²) >= 11 is 0. The molecule has 1 aromatic rings. The molecule has 1 aromatic heterocycles. The van der Waals surface area contributed by atoms with Crippen LogP contribution in [0.3, 0.4) is 0 Å². The number of hydrogen-bond donors (Lipinski definition) is 3. The normalized spacial score (nSPS) is 14.0. The summed E-state index contributed by atoms with van der Waals surface area (Å²) in [5.41, 5.74) is -1.11.